The predicted octanol–water partition coefficient (Wildman–Crippen LogP) is 3.64. The van der Waals surface area contributed by atoms with Crippen molar-refractivity contribution in [1.29, 1.82) is 0 Å². The van der Waals surface area contributed by atoms with Gasteiger partial charge in [-0.25, -0.2) is 4.79 Å². The summed E-state index contributed by atoms with van der Waals surface area (Å²) in [5.74, 6) is 1.02. The molecule has 1 saturated carbocycles. The van der Waals surface area contributed by atoms with Crippen LogP contribution in [-0.4, -0.2) is 36.5 Å². The summed E-state index contributed by atoms with van der Waals surface area (Å²) in [6.45, 7) is 3.03. The largest absolute Gasteiger partial charge is 0.497 e. The van der Waals surface area contributed by atoms with E-state index in [0.29, 0.717) is 29.9 Å². The third-order valence-electron chi connectivity index (χ3n) is 5.06. The van der Waals surface area contributed by atoms with Gasteiger partial charge in [-0.05, 0) is 55.5 Å². The average Bonchev–Trinajstić information content (AvgIpc) is 3.53. The number of urea groups is 1. The number of amides is 3. The van der Waals surface area contributed by atoms with E-state index in [1.165, 1.54) is 12.8 Å². The number of rotatable bonds is 8. The third-order valence-corrected chi connectivity index (χ3v) is 5.06. The minimum Gasteiger partial charge on any atom is -0.497 e. The van der Waals surface area contributed by atoms with E-state index in [4.69, 9.17) is 4.74 Å². The number of carbonyl (C=O) groups excluding carboxylic acids is 2. The second-order valence-corrected chi connectivity index (χ2v) is 7.20. The van der Waals surface area contributed by atoms with Crippen molar-refractivity contribution in [2.45, 2.75) is 32.4 Å². The Morgan fingerprint density at radius 3 is 2.39 bits per heavy atom. The van der Waals surface area contributed by atoms with Gasteiger partial charge in [0.2, 0.25) is 5.91 Å². The molecule has 1 unspecified atom stereocenters. The van der Waals surface area contributed by atoms with Gasteiger partial charge in [-0.2, -0.15) is 0 Å². The van der Waals surface area contributed by atoms with E-state index in [2.05, 4.69) is 34.6 Å². The van der Waals surface area contributed by atoms with E-state index in [0.717, 1.165) is 5.56 Å². The first-order chi connectivity index (χ1) is 13.5. The van der Waals surface area contributed by atoms with Gasteiger partial charge in [0.1, 0.15) is 5.75 Å². The first kappa shape index (κ1) is 19.9. The van der Waals surface area contributed by atoms with Gasteiger partial charge in [0.15, 0.2) is 0 Å². The maximum atomic E-state index is 12.5. The summed E-state index contributed by atoms with van der Waals surface area (Å²) in [6, 6.07) is 16.8. The Morgan fingerprint density at radius 2 is 1.79 bits per heavy atom. The molecule has 0 radical (unpaired) electrons. The smallest absolute Gasteiger partial charge is 0.325 e. The lowest BCUT2D eigenvalue weighted by Crippen LogP contribution is -2.45. The van der Waals surface area contributed by atoms with Gasteiger partial charge >= 0.3 is 6.03 Å². The van der Waals surface area contributed by atoms with Crippen molar-refractivity contribution >= 4 is 17.6 Å². The first-order valence-electron chi connectivity index (χ1n) is 9.58. The highest BCUT2D eigenvalue weighted by atomic mass is 16.5. The van der Waals surface area contributed by atoms with Gasteiger partial charge in [-0.3, -0.25) is 15.0 Å². The molecule has 28 heavy (non-hydrogen) atoms. The van der Waals surface area contributed by atoms with Crippen LogP contribution in [0.3, 0.4) is 0 Å². The van der Waals surface area contributed by atoms with Crippen molar-refractivity contribution < 1.29 is 14.3 Å². The topological polar surface area (TPSA) is 70.7 Å². The number of methoxy groups -OCH3 is 1. The van der Waals surface area contributed by atoms with Crippen molar-refractivity contribution in [3.63, 3.8) is 0 Å². The standard InChI is InChI=1S/C22H27N3O3/c1-16(18-8-9-18)25(14-17-6-4-3-5-7-17)15-21(26)24-22(27)23-19-10-12-20(28-2)13-11-19/h3-7,10-13,16,18H,8-9,14-15H2,1-2H3,(H2,23,24,26,27). The summed E-state index contributed by atoms with van der Waals surface area (Å²) in [4.78, 5) is 26.7. The van der Waals surface area contributed by atoms with Crippen LogP contribution in [0.25, 0.3) is 0 Å². The van der Waals surface area contributed by atoms with Crippen LogP contribution < -0.4 is 15.4 Å². The SMILES string of the molecule is COc1ccc(NC(=O)NC(=O)CN(Cc2ccccc2)C(C)C2CC2)cc1. The Kier molecular flexibility index (Phi) is 6.66. The lowest BCUT2D eigenvalue weighted by Gasteiger charge is -2.28. The summed E-state index contributed by atoms with van der Waals surface area (Å²) in [5.41, 5.74) is 1.75. The molecule has 0 aromatic heterocycles. The lowest BCUT2D eigenvalue weighted by molar-refractivity contribution is -0.121. The Labute approximate surface area is 165 Å². The van der Waals surface area contributed by atoms with E-state index in [1.807, 2.05) is 18.2 Å². The molecule has 6 nitrogen and oxygen atoms in total. The van der Waals surface area contributed by atoms with E-state index in [-0.39, 0.29) is 12.5 Å². The van der Waals surface area contributed by atoms with Crippen LogP contribution in [0.15, 0.2) is 54.6 Å². The lowest BCUT2D eigenvalue weighted by atomic mass is 10.1. The molecule has 148 valence electrons. The number of anilines is 1. The molecule has 0 saturated heterocycles. The van der Waals surface area contributed by atoms with Gasteiger partial charge < -0.3 is 10.1 Å². The fourth-order valence-electron chi connectivity index (χ4n) is 3.23. The highest BCUT2D eigenvalue weighted by Gasteiger charge is 2.32. The van der Waals surface area contributed by atoms with Crippen molar-refractivity contribution in [2.24, 2.45) is 5.92 Å². The second-order valence-electron chi connectivity index (χ2n) is 7.20. The molecule has 0 heterocycles. The molecule has 2 aromatic carbocycles. The third kappa shape index (κ3) is 5.82. The molecule has 3 amide bonds. The van der Waals surface area contributed by atoms with Gasteiger partial charge in [0, 0.05) is 18.3 Å². The van der Waals surface area contributed by atoms with Crippen LogP contribution in [0.2, 0.25) is 0 Å². The van der Waals surface area contributed by atoms with Crippen LogP contribution in [-0.2, 0) is 11.3 Å². The number of imide groups is 1. The van der Waals surface area contributed by atoms with Crippen molar-refractivity contribution in [3.05, 3.63) is 60.2 Å². The molecule has 0 aliphatic heterocycles. The number of benzene rings is 2. The van der Waals surface area contributed by atoms with E-state index in [1.54, 1.807) is 31.4 Å². The number of nitrogens with one attached hydrogen (secondary N) is 2. The molecular formula is C22H27N3O3. The van der Waals surface area contributed by atoms with Crippen LogP contribution in [0.1, 0.15) is 25.3 Å². The number of ether oxygens (including phenoxy) is 1. The molecule has 3 rings (SSSR count). The zero-order chi connectivity index (χ0) is 19.9. The maximum absolute atomic E-state index is 12.5. The fraction of sp³-hybridized carbons (Fsp3) is 0.364. The van der Waals surface area contributed by atoms with Crippen LogP contribution in [0, 0.1) is 5.92 Å². The Hall–Kier alpha value is -2.86. The summed E-state index contributed by atoms with van der Waals surface area (Å²) in [7, 11) is 1.58. The van der Waals surface area contributed by atoms with E-state index >= 15 is 0 Å². The quantitative estimate of drug-likeness (QED) is 0.732. The van der Waals surface area contributed by atoms with Gasteiger partial charge in [-0.15, -0.1) is 0 Å². The summed E-state index contributed by atoms with van der Waals surface area (Å²) >= 11 is 0. The van der Waals surface area contributed by atoms with Crippen molar-refractivity contribution in [3.8, 4) is 5.75 Å². The van der Waals surface area contributed by atoms with Crippen LogP contribution in [0.4, 0.5) is 10.5 Å². The Morgan fingerprint density at radius 1 is 1.11 bits per heavy atom. The molecular weight excluding hydrogens is 354 g/mol. The minimum absolute atomic E-state index is 0.183. The normalized spacial score (nSPS) is 14.4. The monoisotopic (exact) mass is 381 g/mol. The summed E-state index contributed by atoms with van der Waals surface area (Å²) in [5, 5.41) is 5.09. The van der Waals surface area contributed by atoms with Gasteiger partial charge in [0.05, 0.1) is 13.7 Å². The zero-order valence-electron chi connectivity index (χ0n) is 16.4. The molecule has 1 fully saturated rings. The number of hydrogen-bond donors (Lipinski definition) is 2. The predicted molar refractivity (Wildman–Crippen MR) is 109 cm³/mol. The second kappa shape index (κ2) is 9.37. The maximum Gasteiger partial charge on any atom is 0.325 e. The Balaban J connectivity index is 1.55. The zero-order valence-corrected chi connectivity index (χ0v) is 16.4. The van der Waals surface area contributed by atoms with E-state index < -0.39 is 6.03 Å². The molecule has 0 spiro atoms. The molecule has 0 bridgehead atoms. The average molecular weight is 381 g/mol. The first-order valence-corrected chi connectivity index (χ1v) is 9.58. The number of hydrogen-bond acceptors (Lipinski definition) is 4. The van der Waals surface area contributed by atoms with Crippen LogP contribution >= 0.6 is 0 Å². The fourth-order valence-corrected chi connectivity index (χ4v) is 3.23. The van der Waals surface area contributed by atoms with E-state index in [9.17, 15) is 9.59 Å². The number of nitrogens with zero attached hydrogens (tertiary/aromatic N) is 1. The molecule has 2 N–H and O–H groups in total. The number of carbonyl (C=O) groups is 2. The van der Waals surface area contributed by atoms with Crippen LogP contribution in [0.5, 0.6) is 5.75 Å². The minimum atomic E-state index is -0.533. The summed E-state index contributed by atoms with van der Waals surface area (Å²) < 4.78 is 5.09. The van der Waals surface area contributed by atoms with Crippen molar-refractivity contribution in [1.82, 2.24) is 10.2 Å². The molecule has 1 atom stereocenters. The highest BCUT2D eigenvalue weighted by molar-refractivity contribution is 6.01. The van der Waals surface area contributed by atoms with Crippen molar-refractivity contribution in [2.75, 3.05) is 19.0 Å². The highest BCUT2D eigenvalue weighted by Crippen LogP contribution is 2.35. The molecule has 1 aliphatic carbocycles. The molecule has 2 aromatic rings. The molecule has 6 heteroatoms. The molecule has 1 aliphatic rings. The van der Waals surface area contributed by atoms with Gasteiger partial charge in [0.25, 0.3) is 0 Å². The summed E-state index contributed by atoms with van der Waals surface area (Å²) in [6.07, 6.45) is 2.40. The Bertz CT molecular complexity index is 788. The van der Waals surface area contributed by atoms with Gasteiger partial charge in [-0.1, -0.05) is 30.3 Å².